The van der Waals surface area contributed by atoms with E-state index in [1.807, 2.05) is 0 Å². The maximum atomic E-state index is 12.7. The first kappa shape index (κ1) is 25.2. The van der Waals surface area contributed by atoms with E-state index >= 15 is 0 Å². The maximum absolute atomic E-state index is 12.7. The molecule has 3 rings (SSSR count). The molecule has 32 heavy (non-hydrogen) atoms. The Balaban J connectivity index is 0.00000363. The van der Waals surface area contributed by atoms with E-state index in [1.165, 1.54) is 36.4 Å². The molecule has 2 N–H and O–H groups in total. The summed E-state index contributed by atoms with van der Waals surface area (Å²) in [4.78, 5) is 34.7. The van der Waals surface area contributed by atoms with Crippen molar-refractivity contribution in [2.75, 3.05) is 0 Å². The zero-order valence-corrected chi connectivity index (χ0v) is 19.3. The number of hydrogen-bond donors (Lipinski definition) is 2. The molecule has 11 heteroatoms. The Morgan fingerprint density at radius 1 is 0.688 bits per heavy atom. The molecule has 0 bridgehead atoms. The monoisotopic (exact) mass is 464 g/mol. The molecule has 0 saturated carbocycles. The second kappa shape index (κ2) is 10.1. The van der Waals surface area contributed by atoms with Gasteiger partial charge in [0.15, 0.2) is 5.78 Å². The largest absolute Gasteiger partial charge is 1.00 e. The molecule has 158 valence electrons. The molecule has 0 fully saturated rings. The van der Waals surface area contributed by atoms with E-state index in [0.717, 1.165) is 30.3 Å². The van der Waals surface area contributed by atoms with E-state index in [1.54, 1.807) is 0 Å². The van der Waals surface area contributed by atoms with Gasteiger partial charge in [-0.3, -0.25) is 4.79 Å². The number of carbonyl (C=O) groups excluding carboxylic acids is 1. The molecule has 0 spiro atoms. The SMILES string of the molecule is O=C(O)c1cc(C(=O)O)cc(C(=O)c2ccc(Oc3ccc(S(=O)(=O)[O-])cc3)cc2)c1.[Na+]. The smallest absolute Gasteiger partial charge is 0.744 e. The molecular weight excluding hydrogens is 451 g/mol. The number of benzene rings is 3. The van der Waals surface area contributed by atoms with E-state index in [-0.39, 0.29) is 57.6 Å². The van der Waals surface area contributed by atoms with Crippen molar-refractivity contribution in [2.24, 2.45) is 0 Å². The van der Waals surface area contributed by atoms with Crippen molar-refractivity contribution in [1.29, 1.82) is 0 Å². The van der Waals surface area contributed by atoms with Crippen molar-refractivity contribution in [2.45, 2.75) is 4.90 Å². The fourth-order valence-electron chi connectivity index (χ4n) is 2.66. The Kier molecular flexibility index (Phi) is 7.94. The summed E-state index contributed by atoms with van der Waals surface area (Å²) >= 11 is 0. The molecule has 0 aromatic heterocycles. The standard InChI is InChI=1S/C21H14O9S.Na/c22-19(13-9-14(20(23)24)11-15(10-13)21(25)26)12-1-3-16(4-2-12)30-17-5-7-18(8-6-17)31(27,28)29;/h1-11H,(H,23,24)(H,25,26)(H,27,28,29);/q;+1/p-1. The molecule has 0 unspecified atom stereocenters. The maximum Gasteiger partial charge on any atom is 1.00 e. The van der Waals surface area contributed by atoms with Crippen LogP contribution >= 0.6 is 0 Å². The van der Waals surface area contributed by atoms with E-state index < -0.39 is 32.7 Å². The van der Waals surface area contributed by atoms with Crippen LogP contribution in [0.15, 0.2) is 71.6 Å². The fraction of sp³-hybridized carbons (Fsp3) is 0. The van der Waals surface area contributed by atoms with Gasteiger partial charge < -0.3 is 19.5 Å². The molecule has 0 aliphatic heterocycles. The molecule has 0 aliphatic carbocycles. The first-order valence-electron chi connectivity index (χ1n) is 8.55. The van der Waals surface area contributed by atoms with E-state index in [0.29, 0.717) is 5.75 Å². The van der Waals surface area contributed by atoms with Crippen LogP contribution in [0.5, 0.6) is 11.5 Å². The minimum Gasteiger partial charge on any atom is -0.744 e. The summed E-state index contributed by atoms with van der Waals surface area (Å²) in [5.41, 5.74) is -0.585. The molecule has 0 radical (unpaired) electrons. The van der Waals surface area contributed by atoms with E-state index in [4.69, 9.17) is 14.9 Å². The van der Waals surface area contributed by atoms with Gasteiger partial charge in [0.1, 0.15) is 21.6 Å². The predicted molar refractivity (Wildman–Crippen MR) is 105 cm³/mol. The van der Waals surface area contributed by atoms with Crippen LogP contribution < -0.4 is 34.3 Å². The summed E-state index contributed by atoms with van der Waals surface area (Å²) in [5, 5.41) is 18.3. The van der Waals surface area contributed by atoms with Crippen LogP contribution in [0.2, 0.25) is 0 Å². The Morgan fingerprint density at radius 3 is 1.50 bits per heavy atom. The van der Waals surface area contributed by atoms with Gasteiger partial charge in [-0.05, 0) is 66.7 Å². The normalized spacial score (nSPS) is 10.7. The summed E-state index contributed by atoms with van der Waals surface area (Å²) in [7, 11) is -4.57. The third-order valence-corrected chi connectivity index (χ3v) is 5.00. The topological polar surface area (TPSA) is 158 Å². The van der Waals surface area contributed by atoms with Gasteiger partial charge in [0, 0.05) is 11.1 Å². The van der Waals surface area contributed by atoms with Crippen molar-refractivity contribution in [1.82, 2.24) is 0 Å². The zero-order valence-electron chi connectivity index (χ0n) is 16.5. The number of hydrogen-bond acceptors (Lipinski definition) is 7. The van der Waals surface area contributed by atoms with Gasteiger partial charge >= 0.3 is 41.5 Å². The van der Waals surface area contributed by atoms with Gasteiger partial charge in [-0.15, -0.1) is 0 Å². The van der Waals surface area contributed by atoms with Crippen LogP contribution in [0.1, 0.15) is 36.6 Å². The molecular formula is C21H13NaO9S. The van der Waals surface area contributed by atoms with Gasteiger partial charge in [-0.2, -0.15) is 0 Å². The number of ketones is 1. The number of carbonyl (C=O) groups is 3. The number of carboxylic acids is 2. The van der Waals surface area contributed by atoms with Crippen LogP contribution in [0, 0.1) is 0 Å². The van der Waals surface area contributed by atoms with Crippen LogP contribution in [0.25, 0.3) is 0 Å². The second-order valence-corrected chi connectivity index (χ2v) is 7.67. The predicted octanol–water partition coefficient (Wildman–Crippen LogP) is 0.0144. The molecule has 0 aliphatic rings. The number of ether oxygens (including phenoxy) is 1. The van der Waals surface area contributed by atoms with Crippen LogP contribution in [0.3, 0.4) is 0 Å². The average Bonchev–Trinajstić information content (AvgIpc) is 2.73. The third kappa shape index (κ3) is 6.02. The summed E-state index contributed by atoms with van der Waals surface area (Å²) < 4.78 is 38.4. The van der Waals surface area contributed by atoms with Crippen LogP contribution in [-0.2, 0) is 10.1 Å². The first-order valence-corrected chi connectivity index (χ1v) is 9.95. The molecule has 9 nitrogen and oxygen atoms in total. The van der Waals surface area contributed by atoms with Crippen LogP contribution in [0.4, 0.5) is 0 Å². The Morgan fingerprint density at radius 2 is 1.09 bits per heavy atom. The molecule has 0 atom stereocenters. The number of carboxylic acid groups (broad SMARTS) is 2. The molecule has 0 heterocycles. The van der Waals surface area contributed by atoms with Gasteiger partial charge in [0.25, 0.3) is 0 Å². The van der Waals surface area contributed by atoms with Crippen molar-refractivity contribution in [3.8, 4) is 11.5 Å². The zero-order chi connectivity index (χ0) is 22.8. The molecule has 0 saturated heterocycles. The van der Waals surface area contributed by atoms with E-state index in [9.17, 15) is 27.4 Å². The number of rotatable bonds is 7. The van der Waals surface area contributed by atoms with Crippen LogP contribution in [-0.4, -0.2) is 40.9 Å². The minimum atomic E-state index is -4.57. The molecule has 3 aromatic carbocycles. The Labute approximate surface area is 204 Å². The van der Waals surface area contributed by atoms with Crippen molar-refractivity contribution >= 4 is 27.8 Å². The first-order chi connectivity index (χ1) is 14.5. The Bertz CT molecular complexity index is 1250. The Hall–Kier alpha value is -3.02. The van der Waals surface area contributed by atoms with Crippen molar-refractivity contribution in [3.05, 3.63) is 89.0 Å². The average molecular weight is 464 g/mol. The quantitative estimate of drug-likeness (QED) is 0.279. The summed E-state index contributed by atoms with van der Waals surface area (Å²) in [6.07, 6.45) is 0. The van der Waals surface area contributed by atoms with E-state index in [2.05, 4.69) is 0 Å². The summed E-state index contributed by atoms with van der Waals surface area (Å²) in [6, 6.07) is 13.7. The molecule has 3 aromatic rings. The van der Waals surface area contributed by atoms with Crippen molar-refractivity contribution < 1.29 is 71.9 Å². The van der Waals surface area contributed by atoms with Gasteiger partial charge in [-0.1, -0.05) is 0 Å². The molecule has 0 amide bonds. The van der Waals surface area contributed by atoms with Crippen molar-refractivity contribution in [3.63, 3.8) is 0 Å². The fourth-order valence-corrected chi connectivity index (χ4v) is 3.13. The number of aromatic carboxylic acids is 2. The summed E-state index contributed by atoms with van der Waals surface area (Å²) in [6.45, 7) is 0. The second-order valence-electron chi connectivity index (χ2n) is 6.29. The summed E-state index contributed by atoms with van der Waals surface area (Å²) in [5.74, 6) is -2.75. The van der Waals surface area contributed by atoms with Gasteiger partial charge in [-0.25, -0.2) is 18.0 Å². The third-order valence-electron chi connectivity index (χ3n) is 4.15. The van der Waals surface area contributed by atoms with Gasteiger partial charge in [0.2, 0.25) is 0 Å². The minimum absolute atomic E-state index is 0. The van der Waals surface area contributed by atoms with Gasteiger partial charge in [0.05, 0.1) is 16.0 Å².